The summed E-state index contributed by atoms with van der Waals surface area (Å²) >= 11 is 0. The van der Waals surface area contributed by atoms with Crippen molar-refractivity contribution in [2.24, 2.45) is 0 Å². The van der Waals surface area contributed by atoms with Gasteiger partial charge in [-0.2, -0.15) is 0 Å². The van der Waals surface area contributed by atoms with Gasteiger partial charge in [-0.15, -0.1) is 0 Å². The second kappa shape index (κ2) is 4.37. The molecule has 1 aromatic carbocycles. The van der Waals surface area contributed by atoms with Crippen molar-refractivity contribution in [1.29, 1.82) is 0 Å². The molecule has 0 atom stereocenters. The Hall–Kier alpha value is -2.17. The SMILES string of the molecule is CCOc1c(OC)ccc2[nH]c(C(=O)O)cc12. The molecule has 0 unspecified atom stereocenters. The van der Waals surface area contributed by atoms with E-state index in [2.05, 4.69) is 4.98 Å². The number of aromatic amines is 1. The Balaban J connectivity index is 2.66. The summed E-state index contributed by atoms with van der Waals surface area (Å²) < 4.78 is 10.7. The average molecular weight is 235 g/mol. The Bertz CT molecular complexity index is 559. The molecule has 0 aliphatic rings. The highest BCUT2D eigenvalue weighted by Gasteiger charge is 2.14. The summed E-state index contributed by atoms with van der Waals surface area (Å²) in [6, 6.07) is 5.06. The number of benzene rings is 1. The van der Waals surface area contributed by atoms with Crippen LogP contribution in [0.4, 0.5) is 0 Å². The minimum atomic E-state index is -0.998. The first-order valence-electron chi connectivity index (χ1n) is 5.23. The number of carbonyl (C=O) groups is 1. The molecule has 5 nitrogen and oxygen atoms in total. The van der Waals surface area contributed by atoms with E-state index in [1.807, 2.05) is 6.92 Å². The molecule has 0 saturated carbocycles. The number of hydrogen-bond donors (Lipinski definition) is 2. The predicted octanol–water partition coefficient (Wildman–Crippen LogP) is 2.27. The molecule has 0 aliphatic carbocycles. The fourth-order valence-corrected chi connectivity index (χ4v) is 1.73. The zero-order valence-corrected chi connectivity index (χ0v) is 9.61. The van der Waals surface area contributed by atoms with Crippen molar-refractivity contribution < 1.29 is 19.4 Å². The van der Waals surface area contributed by atoms with E-state index in [1.165, 1.54) is 0 Å². The van der Waals surface area contributed by atoms with Crippen molar-refractivity contribution >= 4 is 16.9 Å². The molecule has 0 spiro atoms. The summed E-state index contributed by atoms with van der Waals surface area (Å²) in [7, 11) is 1.55. The van der Waals surface area contributed by atoms with Gasteiger partial charge in [0.05, 0.1) is 19.2 Å². The van der Waals surface area contributed by atoms with Crippen molar-refractivity contribution in [2.75, 3.05) is 13.7 Å². The summed E-state index contributed by atoms with van der Waals surface area (Å²) in [6.07, 6.45) is 0. The van der Waals surface area contributed by atoms with Gasteiger partial charge in [-0.3, -0.25) is 0 Å². The number of rotatable bonds is 4. The number of fused-ring (bicyclic) bond motifs is 1. The maximum absolute atomic E-state index is 10.9. The largest absolute Gasteiger partial charge is 0.493 e. The standard InChI is InChI=1S/C12H13NO4/c1-3-17-11-7-6-9(12(14)15)13-8(7)4-5-10(11)16-2/h4-6,13H,3H2,1-2H3,(H,14,15). The molecule has 0 fully saturated rings. The summed E-state index contributed by atoms with van der Waals surface area (Å²) in [4.78, 5) is 13.7. The number of carboxylic acid groups (broad SMARTS) is 1. The average Bonchev–Trinajstić information content (AvgIpc) is 2.74. The Morgan fingerprint density at radius 1 is 1.47 bits per heavy atom. The zero-order valence-electron chi connectivity index (χ0n) is 9.61. The number of H-pyrrole nitrogens is 1. The quantitative estimate of drug-likeness (QED) is 0.852. The van der Waals surface area contributed by atoms with E-state index in [4.69, 9.17) is 14.6 Å². The van der Waals surface area contributed by atoms with Crippen molar-refractivity contribution in [3.8, 4) is 11.5 Å². The molecule has 2 aromatic rings. The topological polar surface area (TPSA) is 71.5 Å². The van der Waals surface area contributed by atoms with Gasteiger partial charge in [0.15, 0.2) is 11.5 Å². The van der Waals surface area contributed by atoms with Crippen LogP contribution >= 0.6 is 0 Å². The number of carboxylic acids is 1. The fourth-order valence-electron chi connectivity index (χ4n) is 1.73. The molecular formula is C12H13NO4. The normalized spacial score (nSPS) is 10.5. The van der Waals surface area contributed by atoms with Crippen molar-refractivity contribution in [3.05, 3.63) is 23.9 Å². The third kappa shape index (κ3) is 1.91. The molecule has 0 amide bonds. The number of nitrogens with one attached hydrogen (secondary N) is 1. The van der Waals surface area contributed by atoms with Gasteiger partial charge in [0.1, 0.15) is 5.69 Å². The molecule has 0 aliphatic heterocycles. The first kappa shape index (κ1) is 11.3. The molecule has 0 radical (unpaired) electrons. The summed E-state index contributed by atoms with van der Waals surface area (Å²) in [6.45, 7) is 2.35. The second-order valence-electron chi connectivity index (χ2n) is 3.48. The molecule has 0 bridgehead atoms. The third-order valence-electron chi connectivity index (χ3n) is 2.46. The van der Waals surface area contributed by atoms with Crippen molar-refractivity contribution in [3.63, 3.8) is 0 Å². The molecule has 1 heterocycles. The van der Waals surface area contributed by atoms with E-state index < -0.39 is 5.97 Å². The lowest BCUT2D eigenvalue weighted by atomic mass is 10.2. The van der Waals surface area contributed by atoms with Crippen LogP contribution in [0.1, 0.15) is 17.4 Å². The Kier molecular flexibility index (Phi) is 2.91. The van der Waals surface area contributed by atoms with Crippen molar-refractivity contribution in [2.45, 2.75) is 6.92 Å². The minimum Gasteiger partial charge on any atom is -0.493 e. The predicted molar refractivity (Wildman–Crippen MR) is 63.0 cm³/mol. The van der Waals surface area contributed by atoms with E-state index in [9.17, 15) is 4.79 Å². The smallest absolute Gasteiger partial charge is 0.352 e. The van der Waals surface area contributed by atoms with Gasteiger partial charge < -0.3 is 19.6 Å². The number of methoxy groups -OCH3 is 1. The molecule has 5 heteroatoms. The van der Waals surface area contributed by atoms with Crippen LogP contribution in [-0.2, 0) is 0 Å². The summed E-state index contributed by atoms with van der Waals surface area (Å²) in [5.74, 6) is 0.161. The lowest BCUT2D eigenvalue weighted by molar-refractivity contribution is 0.0691. The zero-order chi connectivity index (χ0) is 12.4. The molecule has 17 heavy (non-hydrogen) atoms. The van der Waals surface area contributed by atoms with Crippen LogP contribution in [-0.4, -0.2) is 29.8 Å². The lowest BCUT2D eigenvalue weighted by Gasteiger charge is -2.09. The molecule has 2 rings (SSSR count). The summed E-state index contributed by atoms with van der Waals surface area (Å²) in [5.41, 5.74) is 0.848. The summed E-state index contributed by atoms with van der Waals surface area (Å²) in [5, 5.41) is 9.64. The molecule has 1 aromatic heterocycles. The highest BCUT2D eigenvalue weighted by Crippen LogP contribution is 2.35. The van der Waals surface area contributed by atoms with Crippen LogP contribution in [0.25, 0.3) is 10.9 Å². The number of ether oxygens (including phenoxy) is 2. The molecule has 90 valence electrons. The second-order valence-corrected chi connectivity index (χ2v) is 3.48. The first-order valence-corrected chi connectivity index (χ1v) is 5.23. The van der Waals surface area contributed by atoms with Crippen LogP contribution in [0.15, 0.2) is 18.2 Å². The molecular weight excluding hydrogens is 222 g/mol. The highest BCUT2D eigenvalue weighted by atomic mass is 16.5. The molecule has 2 N–H and O–H groups in total. The lowest BCUT2D eigenvalue weighted by Crippen LogP contribution is -1.95. The number of aromatic nitrogens is 1. The number of hydrogen-bond acceptors (Lipinski definition) is 3. The van der Waals surface area contributed by atoms with E-state index in [0.717, 1.165) is 0 Å². The monoisotopic (exact) mass is 235 g/mol. The van der Waals surface area contributed by atoms with Gasteiger partial charge in [-0.1, -0.05) is 0 Å². The fraction of sp³-hybridized carbons (Fsp3) is 0.250. The van der Waals surface area contributed by atoms with E-state index in [-0.39, 0.29) is 5.69 Å². The van der Waals surface area contributed by atoms with Crippen molar-refractivity contribution in [1.82, 2.24) is 4.98 Å². The van der Waals surface area contributed by atoms with Crippen LogP contribution in [0.3, 0.4) is 0 Å². The van der Waals surface area contributed by atoms with Gasteiger partial charge in [-0.05, 0) is 25.1 Å². The Morgan fingerprint density at radius 2 is 2.24 bits per heavy atom. The van der Waals surface area contributed by atoms with Crippen LogP contribution in [0.2, 0.25) is 0 Å². The first-order chi connectivity index (χ1) is 8.17. The van der Waals surface area contributed by atoms with Gasteiger partial charge >= 0.3 is 5.97 Å². The van der Waals surface area contributed by atoms with E-state index in [0.29, 0.717) is 29.0 Å². The van der Waals surface area contributed by atoms with Crippen LogP contribution in [0, 0.1) is 0 Å². The number of aromatic carboxylic acids is 1. The van der Waals surface area contributed by atoms with Crippen LogP contribution in [0.5, 0.6) is 11.5 Å². The van der Waals surface area contributed by atoms with Gasteiger partial charge in [-0.25, -0.2) is 4.79 Å². The third-order valence-corrected chi connectivity index (χ3v) is 2.46. The van der Waals surface area contributed by atoms with Gasteiger partial charge in [0, 0.05) is 5.39 Å². The Morgan fingerprint density at radius 3 is 2.82 bits per heavy atom. The minimum absolute atomic E-state index is 0.134. The maximum Gasteiger partial charge on any atom is 0.352 e. The van der Waals surface area contributed by atoms with Crippen LogP contribution < -0.4 is 9.47 Å². The van der Waals surface area contributed by atoms with E-state index in [1.54, 1.807) is 25.3 Å². The maximum atomic E-state index is 10.9. The van der Waals surface area contributed by atoms with Gasteiger partial charge in [0.25, 0.3) is 0 Å². The molecule has 0 saturated heterocycles. The highest BCUT2D eigenvalue weighted by molar-refractivity contribution is 5.97. The van der Waals surface area contributed by atoms with Gasteiger partial charge in [0.2, 0.25) is 0 Å². The Labute approximate surface area is 98.0 Å². The van der Waals surface area contributed by atoms with E-state index >= 15 is 0 Å².